The van der Waals surface area contributed by atoms with Crippen molar-refractivity contribution in [3.63, 3.8) is 0 Å². The first-order valence-corrected chi connectivity index (χ1v) is 6.81. The van der Waals surface area contributed by atoms with Crippen LogP contribution in [0.25, 0.3) is 0 Å². The first-order chi connectivity index (χ1) is 9.61. The molecule has 0 bridgehead atoms. The highest BCUT2D eigenvalue weighted by atomic mass is 32.1. The molecule has 0 saturated heterocycles. The number of hydrogen-bond donors (Lipinski definition) is 1. The van der Waals surface area contributed by atoms with Gasteiger partial charge in [-0.15, -0.1) is 10.2 Å². The molecule has 0 radical (unpaired) electrons. The standard InChI is InChI=1S/C13H13N3O3S/c1-3-19-13(18)12-16-15-11(20-12)10(17)14-9-7-5-4-6-8(9)2/h4-7H,3H2,1-2H3,(H,14,17). The molecule has 0 aliphatic carbocycles. The molecule has 0 aliphatic rings. The lowest BCUT2D eigenvalue weighted by atomic mass is 10.2. The van der Waals surface area contributed by atoms with Crippen molar-refractivity contribution in [2.75, 3.05) is 11.9 Å². The number of aromatic nitrogens is 2. The molecule has 7 heteroatoms. The Labute approximate surface area is 119 Å². The molecule has 0 saturated carbocycles. The molecule has 2 aromatic rings. The molecule has 0 unspecified atom stereocenters. The summed E-state index contributed by atoms with van der Waals surface area (Å²) in [5.41, 5.74) is 1.64. The molecule has 0 fully saturated rings. The van der Waals surface area contributed by atoms with Gasteiger partial charge >= 0.3 is 5.97 Å². The van der Waals surface area contributed by atoms with E-state index in [4.69, 9.17) is 4.74 Å². The van der Waals surface area contributed by atoms with Gasteiger partial charge in [0.25, 0.3) is 5.91 Å². The minimum atomic E-state index is -0.569. The number of anilines is 1. The highest BCUT2D eigenvalue weighted by molar-refractivity contribution is 7.15. The maximum Gasteiger partial charge on any atom is 0.369 e. The molecule has 0 aliphatic heterocycles. The second-order valence-corrected chi connectivity index (χ2v) is 4.88. The normalized spacial score (nSPS) is 10.1. The van der Waals surface area contributed by atoms with Gasteiger partial charge in [-0.3, -0.25) is 4.79 Å². The van der Waals surface area contributed by atoms with Crippen molar-refractivity contribution in [2.45, 2.75) is 13.8 Å². The van der Waals surface area contributed by atoms with Crippen molar-refractivity contribution in [3.05, 3.63) is 39.8 Å². The van der Waals surface area contributed by atoms with E-state index in [1.165, 1.54) is 0 Å². The number of carbonyl (C=O) groups excluding carboxylic acids is 2. The third-order valence-electron chi connectivity index (χ3n) is 2.46. The SMILES string of the molecule is CCOC(=O)c1nnc(C(=O)Nc2ccccc2C)s1. The van der Waals surface area contributed by atoms with Crippen LogP contribution in [0.4, 0.5) is 5.69 Å². The van der Waals surface area contributed by atoms with E-state index in [0.29, 0.717) is 5.69 Å². The fourth-order valence-corrected chi connectivity index (χ4v) is 2.11. The molecule has 104 valence electrons. The average molecular weight is 291 g/mol. The molecule has 20 heavy (non-hydrogen) atoms. The lowest BCUT2D eigenvalue weighted by Gasteiger charge is -2.05. The van der Waals surface area contributed by atoms with Crippen LogP contribution in [-0.2, 0) is 4.74 Å². The summed E-state index contributed by atoms with van der Waals surface area (Å²) < 4.78 is 4.80. The minimum Gasteiger partial charge on any atom is -0.461 e. The van der Waals surface area contributed by atoms with Gasteiger partial charge in [0.1, 0.15) is 0 Å². The van der Waals surface area contributed by atoms with Crippen LogP contribution in [0.3, 0.4) is 0 Å². The summed E-state index contributed by atoms with van der Waals surface area (Å²) in [6.45, 7) is 3.84. The summed E-state index contributed by atoms with van der Waals surface area (Å²) >= 11 is 0.905. The summed E-state index contributed by atoms with van der Waals surface area (Å²) in [6, 6.07) is 7.39. The number of carbonyl (C=O) groups is 2. The van der Waals surface area contributed by atoms with Crippen LogP contribution in [-0.4, -0.2) is 28.7 Å². The molecule has 2 rings (SSSR count). The van der Waals surface area contributed by atoms with E-state index in [9.17, 15) is 9.59 Å². The Balaban J connectivity index is 2.11. The molecular weight excluding hydrogens is 278 g/mol. The van der Waals surface area contributed by atoms with Gasteiger partial charge < -0.3 is 10.1 Å². The van der Waals surface area contributed by atoms with Crippen LogP contribution in [0.15, 0.2) is 24.3 Å². The van der Waals surface area contributed by atoms with E-state index in [0.717, 1.165) is 16.9 Å². The van der Waals surface area contributed by atoms with Gasteiger partial charge in [0, 0.05) is 5.69 Å². The van der Waals surface area contributed by atoms with Crippen LogP contribution in [0.2, 0.25) is 0 Å². The lowest BCUT2D eigenvalue weighted by Crippen LogP contribution is -2.12. The fraction of sp³-hybridized carbons (Fsp3) is 0.231. The second kappa shape index (κ2) is 6.25. The van der Waals surface area contributed by atoms with Crippen LogP contribution in [0.1, 0.15) is 32.1 Å². The zero-order valence-corrected chi connectivity index (χ0v) is 11.9. The zero-order valence-electron chi connectivity index (χ0n) is 11.0. The van der Waals surface area contributed by atoms with Crippen molar-refractivity contribution < 1.29 is 14.3 Å². The molecule has 0 spiro atoms. The van der Waals surface area contributed by atoms with Crippen LogP contribution in [0.5, 0.6) is 0 Å². The molecule has 0 atom stereocenters. The zero-order chi connectivity index (χ0) is 14.5. The summed E-state index contributed by atoms with van der Waals surface area (Å²) in [6.07, 6.45) is 0. The van der Waals surface area contributed by atoms with Crippen molar-refractivity contribution in [1.29, 1.82) is 0 Å². The number of amides is 1. The van der Waals surface area contributed by atoms with Gasteiger partial charge in [-0.1, -0.05) is 29.5 Å². The van der Waals surface area contributed by atoms with Crippen LogP contribution >= 0.6 is 11.3 Å². The van der Waals surface area contributed by atoms with E-state index in [1.54, 1.807) is 13.0 Å². The second-order valence-electron chi connectivity index (χ2n) is 3.90. The van der Waals surface area contributed by atoms with Crippen molar-refractivity contribution in [1.82, 2.24) is 10.2 Å². The quantitative estimate of drug-likeness (QED) is 0.874. The number of hydrogen-bond acceptors (Lipinski definition) is 6. The number of nitrogens with one attached hydrogen (secondary N) is 1. The van der Waals surface area contributed by atoms with Gasteiger partial charge in [-0.25, -0.2) is 4.79 Å². The smallest absolute Gasteiger partial charge is 0.369 e. The first kappa shape index (κ1) is 14.1. The number of rotatable bonds is 4. The maximum atomic E-state index is 12.0. The van der Waals surface area contributed by atoms with Crippen molar-refractivity contribution in [3.8, 4) is 0 Å². The molecule has 1 amide bonds. The Bertz CT molecular complexity index is 639. The highest BCUT2D eigenvalue weighted by Gasteiger charge is 2.18. The highest BCUT2D eigenvalue weighted by Crippen LogP contribution is 2.16. The number of esters is 1. The van der Waals surface area contributed by atoms with Crippen molar-refractivity contribution in [2.24, 2.45) is 0 Å². The van der Waals surface area contributed by atoms with E-state index >= 15 is 0 Å². The van der Waals surface area contributed by atoms with E-state index < -0.39 is 11.9 Å². The van der Waals surface area contributed by atoms with Gasteiger partial charge in [-0.2, -0.15) is 0 Å². The molecule has 6 nitrogen and oxygen atoms in total. The Morgan fingerprint density at radius 2 is 1.95 bits per heavy atom. The predicted molar refractivity (Wildman–Crippen MR) is 75.0 cm³/mol. The monoisotopic (exact) mass is 291 g/mol. The predicted octanol–water partition coefficient (Wildman–Crippen LogP) is 2.28. The Hall–Kier alpha value is -2.28. The van der Waals surface area contributed by atoms with Gasteiger partial charge in [0.05, 0.1) is 6.61 Å². The summed E-state index contributed by atoms with van der Waals surface area (Å²) in [5.74, 6) is -0.965. The summed E-state index contributed by atoms with van der Waals surface area (Å²) in [4.78, 5) is 23.5. The van der Waals surface area contributed by atoms with Crippen molar-refractivity contribution >= 4 is 28.9 Å². The fourth-order valence-electron chi connectivity index (χ4n) is 1.48. The number of aryl methyl sites for hydroxylation is 1. The Morgan fingerprint density at radius 3 is 2.65 bits per heavy atom. The van der Waals surface area contributed by atoms with E-state index in [-0.39, 0.29) is 16.6 Å². The number of nitrogens with zero attached hydrogens (tertiary/aromatic N) is 2. The van der Waals surface area contributed by atoms with Gasteiger partial charge in [0.2, 0.25) is 10.0 Å². The Kier molecular flexibility index (Phi) is 4.41. The molecule has 1 aromatic carbocycles. The number of ether oxygens (including phenoxy) is 1. The van der Waals surface area contributed by atoms with Gasteiger partial charge in [-0.05, 0) is 25.5 Å². The largest absolute Gasteiger partial charge is 0.461 e. The van der Waals surface area contributed by atoms with Crippen LogP contribution < -0.4 is 5.32 Å². The van der Waals surface area contributed by atoms with Gasteiger partial charge in [0.15, 0.2) is 0 Å². The topological polar surface area (TPSA) is 81.2 Å². The minimum absolute atomic E-state index is 0.0711. The maximum absolute atomic E-state index is 12.0. The van der Waals surface area contributed by atoms with E-state index in [1.807, 2.05) is 25.1 Å². The van der Waals surface area contributed by atoms with E-state index in [2.05, 4.69) is 15.5 Å². The Morgan fingerprint density at radius 1 is 1.25 bits per heavy atom. The molecule has 1 heterocycles. The summed E-state index contributed by atoms with van der Waals surface area (Å²) in [7, 11) is 0. The third-order valence-corrected chi connectivity index (χ3v) is 3.36. The van der Waals surface area contributed by atoms with Crippen LogP contribution in [0, 0.1) is 6.92 Å². The average Bonchev–Trinajstić information content (AvgIpc) is 2.91. The molecular formula is C13H13N3O3S. The third kappa shape index (κ3) is 3.18. The molecule has 1 aromatic heterocycles. The number of benzene rings is 1. The lowest BCUT2D eigenvalue weighted by molar-refractivity contribution is 0.0525. The molecule has 1 N–H and O–H groups in total. The first-order valence-electron chi connectivity index (χ1n) is 5.99. The summed E-state index contributed by atoms with van der Waals surface area (Å²) in [5, 5.41) is 10.3. The number of para-hydroxylation sites is 1.